The lowest BCUT2D eigenvalue weighted by atomic mass is 9.93. The summed E-state index contributed by atoms with van der Waals surface area (Å²) in [6, 6.07) is 0.0210. The van der Waals surface area contributed by atoms with Crippen molar-refractivity contribution < 1.29 is 9.90 Å². The van der Waals surface area contributed by atoms with Gasteiger partial charge in [-0.25, -0.2) is 9.78 Å². The monoisotopic (exact) mass is 279 g/mol. The molecule has 1 saturated heterocycles. The highest BCUT2D eigenvalue weighted by atomic mass is 16.4. The summed E-state index contributed by atoms with van der Waals surface area (Å²) in [6.07, 6.45) is 4.98. The lowest BCUT2D eigenvalue weighted by Gasteiger charge is -2.34. The molecule has 1 fully saturated rings. The molecule has 1 aliphatic heterocycles. The highest BCUT2D eigenvalue weighted by Gasteiger charge is 2.47. The molecule has 110 valence electrons. The minimum atomic E-state index is -0.998. The molecule has 0 aromatic carbocycles. The number of carboxylic acid groups (broad SMARTS) is 1. The summed E-state index contributed by atoms with van der Waals surface area (Å²) in [6.45, 7) is 6.24. The number of hydrogen-bond acceptors (Lipinski definition) is 4. The molecule has 6 heteroatoms. The molecular formula is C14H21N3O3. The first-order valence-corrected chi connectivity index (χ1v) is 7.02. The van der Waals surface area contributed by atoms with E-state index in [1.807, 2.05) is 20.8 Å². The van der Waals surface area contributed by atoms with Crippen molar-refractivity contribution in [3.8, 4) is 0 Å². The largest absolute Gasteiger partial charge is 0.479 e. The summed E-state index contributed by atoms with van der Waals surface area (Å²) < 4.78 is 1.59. The van der Waals surface area contributed by atoms with E-state index in [4.69, 9.17) is 0 Å². The van der Waals surface area contributed by atoms with Gasteiger partial charge in [0.05, 0.1) is 0 Å². The molecule has 1 aromatic rings. The van der Waals surface area contributed by atoms with Gasteiger partial charge >= 0.3 is 5.97 Å². The number of hydrogen-bond donors (Lipinski definition) is 1. The van der Waals surface area contributed by atoms with Gasteiger partial charge in [0.2, 0.25) is 0 Å². The van der Waals surface area contributed by atoms with Crippen molar-refractivity contribution in [2.75, 3.05) is 11.4 Å². The van der Waals surface area contributed by atoms with E-state index in [0.717, 1.165) is 6.42 Å². The van der Waals surface area contributed by atoms with Crippen LogP contribution in [-0.2, 0) is 4.79 Å². The highest BCUT2D eigenvalue weighted by Crippen LogP contribution is 2.34. The molecule has 1 N–H and O–H groups in total. The Balaban J connectivity index is 2.54. The normalized spacial score (nSPS) is 22.5. The Labute approximate surface area is 118 Å². The lowest BCUT2D eigenvalue weighted by molar-refractivity contribution is -0.143. The molecule has 6 nitrogen and oxygen atoms in total. The van der Waals surface area contributed by atoms with Gasteiger partial charge in [-0.2, -0.15) is 0 Å². The third kappa shape index (κ3) is 2.09. The van der Waals surface area contributed by atoms with Crippen molar-refractivity contribution in [2.24, 2.45) is 0 Å². The fraction of sp³-hybridized carbons (Fsp3) is 0.643. The maximum atomic E-state index is 12.5. The molecule has 2 heterocycles. The highest BCUT2D eigenvalue weighted by molar-refractivity contribution is 5.83. The van der Waals surface area contributed by atoms with Gasteiger partial charge in [-0.15, -0.1) is 0 Å². The predicted octanol–water partition coefficient (Wildman–Crippen LogP) is 1.66. The minimum Gasteiger partial charge on any atom is -0.479 e. The summed E-state index contributed by atoms with van der Waals surface area (Å²) in [7, 11) is 0. The fourth-order valence-corrected chi connectivity index (χ4v) is 2.93. The first-order valence-electron chi connectivity index (χ1n) is 7.02. The summed E-state index contributed by atoms with van der Waals surface area (Å²) in [5.74, 6) is -0.624. The molecule has 0 radical (unpaired) electrons. The van der Waals surface area contributed by atoms with Crippen molar-refractivity contribution in [3.63, 3.8) is 0 Å². The van der Waals surface area contributed by atoms with Crippen LogP contribution in [-0.4, -0.2) is 32.7 Å². The Kier molecular flexibility index (Phi) is 3.83. The van der Waals surface area contributed by atoms with E-state index in [0.29, 0.717) is 19.4 Å². The number of aromatic nitrogens is 2. The van der Waals surface area contributed by atoms with Gasteiger partial charge in [0.1, 0.15) is 5.54 Å². The first kappa shape index (κ1) is 14.6. The van der Waals surface area contributed by atoms with E-state index in [1.165, 1.54) is 0 Å². The second kappa shape index (κ2) is 5.26. The van der Waals surface area contributed by atoms with E-state index >= 15 is 0 Å². The van der Waals surface area contributed by atoms with E-state index < -0.39 is 11.5 Å². The van der Waals surface area contributed by atoms with Crippen molar-refractivity contribution in [2.45, 2.75) is 51.6 Å². The number of carbonyl (C=O) groups is 1. The van der Waals surface area contributed by atoms with Gasteiger partial charge in [-0.1, -0.05) is 6.92 Å². The second-order valence-electron chi connectivity index (χ2n) is 5.50. The molecule has 20 heavy (non-hydrogen) atoms. The van der Waals surface area contributed by atoms with Crippen molar-refractivity contribution >= 4 is 11.8 Å². The molecule has 0 spiro atoms. The third-order valence-corrected chi connectivity index (χ3v) is 4.13. The van der Waals surface area contributed by atoms with Crippen LogP contribution in [0.1, 0.15) is 46.1 Å². The molecular weight excluding hydrogens is 258 g/mol. The minimum absolute atomic E-state index is 0.0210. The summed E-state index contributed by atoms with van der Waals surface area (Å²) in [4.78, 5) is 30.0. The summed E-state index contributed by atoms with van der Waals surface area (Å²) >= 11 is 0. The van der Waals surface area contributed by atoms with Crippen LogP contribution in [0.5, 0.6) is 0 Å². The molecule has 0 aliphatic carbocycles. The van der Waals surface area contributed by atoms with Gasteiger partial charge in [-0.3, -0.25) is 4.79 Å². The van der Waals surface area contributed by atoms with Crippen molar-refractivity contribution in [3.05, 3.63) is 22.7 Å². The van der Waals surface area contributed by atoms with Crippen LogP contribution in [0.2, 0.25) is 0 Å². The molecule has 1 unspecified atom stereocenters. The third-order valence-electron chi connectivity index (χ3n) is 4.13. The van der Waals surface area contributed by atoms with E-state index in [2.05, 4.69) is 4.98 Å². The van der Waals surface area contributed by atoms with Crippen LogP contribution in [0, 0.1) is 0 Å². The Bertz CT molecular complexity index is 567. The quantitative estimate of drug-likeness (QED) is 0.907. The van der Waals surface area contributed by atoms with Crippen LogP contribution in [0.3, 0.4) is 0 Å². The molecule has 1 atom stereocenters. The standard InChI is InChI=1S/C14H21N3O3/c1-4-14(13(19)20)6-5-8-17(14)11-12(18)16(10(2)3)9-7-15-11/h7,9-10H,4-6,8H2,1-3H3,(H,19,20). The first-order chi connectivity index (χ1) is 9.44. The molecule has 0 amide bonds. The molecule has 1 aromatic heterocycles. The van der Waals surface area contributed by atoms with Crippen LogP contribution >= 0.6 is 0 Å². The smallest absolute Gasteiger partial charge is 0.329 e. The van der Waals surface area contributed by atoms with Crippen LogP contribution in [0.15, 0.2) is 17.2 Å². The summed E-state index contributed by atoms with van der Waals surface area (Å²) in [5.41, 5.74) is -1.22. The fourth-order valence-electron chi connectivity index (χ4n) is 2.93. The Morgan fingerprint density at radius 3 is 2.80 bits per heavy atom. The van der Waals surface area contributed by atoms with Crippen LogP contribution < -0.4 is 10.5 Å². The van der Waals surface area contributed by atoms with Gasteiger partial charge in [-0.05, 0) is 33.1 Å². The molecule has 0 saturated carbocycles. The van der Waals surface area contributed by atoms with Gasteiger partial charge in [0.15, 0.2) is 5.82 Å². The SMILES string of the molecule is CCC1(C(=O)O)CCCN1c1nccn(C(C)C)c1=O. The van der Waals surface area contributed by atoms with Gasteiger partial charge < -0.3 is 14.6 Å². The van der Waals surface area contributed by atoms with Gasteiger partial charge in [0, 0.05) is 25.0 Å². The molecule has 0 bridgehead atoms. The molecule has 2 rings (SSSR count). The predicted molar refractivity (Wildman–Crippen MR) is 76.1 cm³/mol. The van der Waals surface area contributed by atoms with Crippen LogP contribution in [0.4, 0.5) is 5.82 Å². The number of nitrogens with zero attached hydrogens (tertiary/aromatic N) is 3. The Morgan fingerprint density at radius 2 is 2.25 bits per heavy atom. The summed E-state index contributed by atoms with van der Waals surface area (Å²) in [5, 5.41) is 9.59. The maximum absolute atomic E-state index is 12.5. The zero-order chi connectivity index (χ0) is 14.9. The van der Waals surface area contributed by atoms with E-state index in [1.54, 1.807) is 21.9 Å². The van der Waals surface area contributed by atoms with Crippen molar-refractivity contribution in [1.82, 2.24) is 9.55 Å². The Morgan fingerprint density at radius 1 is 1.55 bits per heavy atom. The average molecular weight is 279 g/mol. The second-order valence-corrected chi connectivity index (χ2v) is 5.50. The molecule has 1 aliphatic rings. The van der Waals surface area contributed by atoms with Crippen LogP contribution in [0.25, 0.3) is 0 Å². The average Bonchev–Trinajstić information content (AvgIpc) is 2.83. The van der Waals surface area contributed by atoms with Gasteiger partial charge in [0.25, 0.3) is 5.56 Å². The number of aliphatic carboxylic acids is 1. The zero-order valence-corrected chi connectivity index (χ0v) is 12.2. The number of carboxylic acids is 1. The van der Waals surface area contributed by atoms with E-state index in [-0.39, 0.29) is 17.4 Å². The Hall–Kier alpha value is -1.85. The maximum Gasteiger partial charge on any atom is 0.329 e. The topological polar surface area (TPSA) is 75.4 Å². The van der Waals surface area contributed by atoms with Crippen molar-refractivity contribution in [1.29, 1.82) is 0 Å². The number of anilines is 1. The number of rotatable bonds is 4. The zero-order valence-electron chi connectivity index (χ0n) is 12.2. The lowest BCUT2D eigenvalue weighted by Crippen LogP contribution is -2.52. The van der Waals surface area contributed by atoms with E-state index in [9.17, 15) is 14.7 Å².